The molecule has 2 heterocycles. The van der Waals surface area contributed by atoms with Crippen LogP contribution in [0.25, 0.3) is 0 Å². The highest BCUT2D eigenvalue weighted by Crippen LogP contribution is 2.32. The zero-order valence-electron chi connectivity index (χ0n) is 14.4. The number of carbonyl (C=O) groups is 1. The number of carbonyl (C=O) groups excluding carboxylic acids is 1. The molecule has 0 bridgehead atoms. The highest BCUT2D eigenvalue weighted by molar-refractivity contribution is 7.93. The Morgan fingerprint density at radius 1 is 1.11 bits per heavy atom. The van der Waals surface area contributed by atoms with Crippen molar-refractivity contribution in [3.8, 4) is 11.5 Å². The molecule has 3 aromatic rings. The Bertz CT molecular complexity index is 1110. The average Bonchev–Trinajstić information content (AvgIpc) is 3.35. The van der Waals surface area contributed by atoms with E-state index in [-0.39, 0.29) is 29.1 Å². The van der Waals surface area contributed by atoms with Crippen LogP contribution in [0.1, 0.15) is 16.1 Å². The average molecular weight is 417 g/mol. The van der Waals surface area contributed by atoms with Crippen molar-refractivity contribution < 1.29 is 22.7 Å². The van der Waals surface area contributed by atoms with Crippen LogP contribution >= 0.6 is 11.3 Å². The Kier molecular flexibility index (Phi) is 4.88. The summed E-state index contributed by atoms with van der Waals surface area (Å²) < 4.78 is 37.6. The summed E-state index contributed by atoms with van der Waals surface area (Å²) in [5, 5.41) is 4.37. The lowest BCUT2D eigenvalue weighted by Crippen LogP contribution is -2.23. The van der Waals surface area contributed by atoms with Crippen LogP contribution in [0.2, 0.25) is 0 Å². The van der Waals surface area contributed by atoms with E-state index in [1.165, 1.54) is 17.5 Å². The lowest BCUT2D eigenvalue weighted by atomic mass is 10.2. The molecule has 1 aliphatic rings. The van der Waals surface area contributed by atoms with Crippen LogP contribution in [-0.4, -0.2) is 26.1 Å². The molecule has 28 heavy (non-hydrogen) atoms. The molecule has 2 N–H and O–H groups in total. The maximum atomic E-state index is 12.3. The van der Waals surface area contributed by atoms with Crippen molar-refractivity contribution in [2.45, 2.75) is 11.4 Å². The zero-order valence-corrected chi connectivity index (χ0v) is 16.0. The lowest BCUT2D eigenvalue weighted by molar-refractivity contribution is 0.0946. The molecule has 10 heteroatoms. The summed E-state index contributed by atoms with van der Waals surface area (Å²) in [6.45, 7) is 0.462. The van der Waals surface area contributed by atoms with Crippen molar-refractivity contribution in [3.05, 3.63) is 65.2 Å². The molecule has 0 atom stereocenters. The fourth-order valence-corrected chi connectivity index (χ4v) is 4.49. The van der Waals surface area contributed by atoms with Crippen LogP contribution in [0.3, 0.4) is 0 Å². The van der Waals surface area contributed by atoms with Crippen LogP contribution in [0.5, 0.6) is 11.5 Å². The summed E-state index contributed by atoms with van der Waals surface area (Å²) in [5.41, 5.74) is 0.981. The highest BCUT2D eigenvalue weighted by atomic mass is 32.2. The lowest BCUT2D eigenvalue weighted by Gasteiger charge is -2.05. The molecule has 0 unspecified atom stereocenters. The number of benzene rings is 2. The summed E-state index contributed by atoms with van der Waals surface area (Å²) >= 11 is 1.04. The third kappa shape index (κ3) is 3.92. The van der Waals surface area contributed by atoms with Crippen molar-refractivity contribution in [2.75, 3.05) is 11.5 Å². The maximum Gasteiger partial charge on any atom is 0.271 e. The topological polar surface area (TPSA) is 107 Å². The number of thiazole rings is 1. The quantitative estimate of drug-likeness (QED) is 0.639. The first kappa shape index (κ1) is 18.3. The van der Waals surface area contributed by atoms with Crippen molar-refractivity contribution >= 4 is 32.4 Å². The first-order valence-electron chi connectivity index (χ1n) is 8.21. The van der Waals surface area contributed by atoms with E-state index in [9.17, 15) is 13.2 Å². The molecule has 8 nitrogen and oxygen atoms in total. The van der Waals surface area contributed by atoms with Gasteiger partial charge in [-0.05, 0) is 29.8 Å². The van der Waals surface area contributed by atoms with Crippen LogP contribution in [0.4, 0.5) is 5.13 Å². The van der Waals surface area contributed by atoms with Crippen molar-refractivity contribution in [3.63, 3.8) is 0 Å². The summed E-state index contributed by atoms with van der Waals surface area (Å²) in [5.74, 6) is 0.905. The van der Waals surface area contributed by atoms with E-state index in [2.05, 4.69) is 15.0 Å². The molecule has 1 amide bonds. The molecule has 4 rings (SSSR count). The third-order valence-corrected chi connectivity index (χ3v) is 6.14. The van der Waals surface area contributed by atoms with Crippen LogP contribution in [0.15, 0.2) is 58.8 Å². The van der Waals surface area contributed by atoms with Gasteiger partial charge in [0, 0.05) is 11.9 Å². The number of fused-ring (bicyclic) bond motifs is 1. The van der Waals surface area contributed by atoms with E-state index >= 15 is 0 Å². The second kappa shape index (κ2) is 7.49. The number of ether oxygens (including phenoxy) is 2. The Balaban J connectivity index is 1.39. The molecule has 1 aromatic heterocycles. The monoisotopic (exact) mass is 417 g/mol. The van der Waals surface area contributed by atoms with Crippen molar-refractivity contribution in [1.82, 2.24) is 10.3 Å². The Labute approximate surface area is 165 Å². The van der Waals surface area contributed by atoms with Crippen molar-refractivity contribution in [2.24, 2.45) is 0 Å². The number of hydrogen-bond acceptors (Lipinski definition) is 7. The molecule has 0 radical (unpaired) electrons. The summed E-state index contributed by atoms with van der Waals surface area (Å²) in [6.07, 6.45) is 0. The molecule has 0 saturated carbocycles. The van der Waals surface area contributed by atoms with E-state index in [0.29, 0.717) is 11.5 Å². The molecule has 1 aliphatic heterocycles. The van der Waals surface area contributed by atoms with E-state index in [4.69, 9.17) is 9.47 Å². The maximum absolute atomic E-state index is 12.3. The van der Waals surface area contributed by atoms with E-state index in [1.807, 2.05) is 6.07 Å². The molecular formula is C18H15N3O5S2. The molecule has 0 fully saturated rings. The predicted octanol–water partition coefficient (Wildman–Crippen LogP) is 2.60. The predicted molar refractivity (Wildman–Crippen MR) is 103 cm³/mol. The Hall–Kier alpha value is -3.11. The molecule has 0 aliphatic carbocycles. The molecule has 144 valence electrons. The van der Waals surface area contributed by atoms with Gasteiger partial charge in [0.05, 0.1) is 4.90 Å². The van der Waals surface area contributed by atoms with Gasteiger partial charge in [-0.25, -0.2) is 13.4 Å². The van der Waals surface area contributed by atoms with Gasteiger partial charge in [-0.3, -0.25) is 9.52 Å². The SMILES string of the molecule is O=C(NCc1ccc2c(c1)OCO2)c1csc(NS(=O)(=O)c2ccccc2)n1. The van der Waals surface area contributed by atoms with Gasteiger partial charge in [0.1, 0.15) is 5.69 Å². The minimum atomic E-state index is -3.75. The fraction of sp³-hybridized carbons (Fsp3) is 0.111. The van der Waals surface area contributed by atoms with E-state index < -0.39 is 15.9 Å². The van der Waals surface area contributed by atoms with Gasteiger partial charge >= 0.3 is 0 Å². The smallest absolute Gasteiger partial charge is 0.271 e. The minimum Gasteiger partial charge on any atom is -0.454 e. The normalized spacial score (nSPS) is 12.6. The number of hydrogen-bond donors (Lipinski definition) is 2. The minimum absolute atomic E-state index is 0.122. The number of rotatable bonds is 6. The Morgan fingerprint density at radius 3 is 2.71 bits per heavy atom. The van der Waals surface area contributed by atoms with Crippen LogP contribution < -0.4 is 19.5 Å². The Morgan fingerprint density at radius 2 is 1.89 bits per heavy atom. The summed E-state index contributed by atoms with van der Waals surface area (Å²) in [4.78, 5) is 16.5. The largest absolute Gasteiger partial charge is 0.454 e. The van der Waals surface area contributed by atoms with Crippen LogP contribution in [-0.2, 0) is 16.6 Å². The van der Waals surface area contributed by atoms with Gasteiger partial charge in [0.15, 0.2) is 16.6 Å². The van der Waals surface area contributed by atoms with Gasteiger partial charge in [0.2, 0.25) is 6.79 Å². The number of aromatic nitrogens is 1. The number of amides is 1. The fourth-order valence-electron chi connectivity index (χ4n) is 2.52. The summed E-state index contributed by atoms with van der Waals surface area (Å²) in [6, 6.07) is 13.4. The van der Waals surface area contributed by atoms with Crippen LogP contribution in [0, 0.1) is 0 Å². The number of sulfonamides is 1. The van der Waals surface area contributed by atoms with Crippen molar-refractivity contribution in [1.29, 1.82) is 0 Å². The number of anilines is 1. The molecule has 2 aromatic carbocycles. The van der Waals surface area contributed by atoms with Gasteiger partial charge in [-0.2, -0.15) is 0 Å². The van der Waals surface area contributed by atoms with Gasteiger partial charge in [-0.15, -0.1) is 11.3 Å². The molecule has 0 saturated heterocycles. The van der Waals surface area contributed by atoms with E-state index in [0.717, 1.165) is 16.9 Å². The first-order chi connectivity index (χ1) is 13.5. The number of nitrogens with zero attached hydrogens (tertiary/aromatic N) is 1. The first-order valence-corrected chi connectivity index (χ1v) is 10.6. The second-order valence-electron chi connectivity index (χ2n) is 5.83. The molecular weight excluding hydrogens is 402 g/mol. The summed E-state index contributed by atoms with van der Waals surface area (Å²) in [7, 11) is -3.75. The molecule has 0 spiro atoms. The van der Waals surface area contributed by atoms with Gasteiger partial charge in [-0.1, -0.05) is 24.3 Å². The zero-order chi connectivity index (χ0) is 19.6. The van der Waals surface area contributed by atoms with E-state index in [1.54, 1.807) is 30.3 Å². The third-order valence-electron chi connectivity index (χ3n) is 3.90. The van der Waals surface area contributed by atoms with Gasteiger partial charge in [0.25, 0.3) is 15.9 Å². The highest BCUT2D eigenvalue weighted by Gasteiger charge is 2.18. The number of nitrogens with one attached hydrogen (secondary N) is 2. The van der Waals surface area contributed by atoms with Gasteiger partial charge < -0.3 is 14.8 Å². The second-order valence-corrected chi connectivity index (χ2v) is 8.37. The standard InChI is InChI=1S/C18H15N3O5S2/c22-17(19-9-12-6-7-15-16(8-12)26-11-25-15)14-10-27-18(20-14)21-28(23,24)13-4-2-1-3-5-13/h1-8,10H,9,11H2,(H,19,22)(H,20,21).